The van der Waals surface area contributed by atoms with E-state index in [4.69, 9.17) is 16.3 Å². The van der Waals surface area contributed by atoms with E-state index in [1.807, 2.05) is 66.7 Å². The maximum atomic E-state index is 11.9. The van der Waals surface area contributed by atoms with Crippen LogP contribution in [-0.4, -0.2) is 17.9 Å². The van der Waals surface area contributed by atoms with Crippen LogP contribution in [0.25, 0.3) is 0 Å². The monoisotopic (exact) mass is 396 g/mol. The van der Waals surface area contributed by atoms with Gasteiger partial charge >= 0.3 is 0 Å². The molecule has 0 radical (unpaired) electrons. The Hall–Kier alpha value is -2.76. The number of ether oxygens (including phenoxy) is 1. The predicted molar refractivity (Wildman–Crippen MR) is 111 cm³/mol. The Labute approximate surface area is 167 Å². The van der Waals surface area contributed by atoms with E-state index in [2.05, 4.69) is 10.5 Å². The zero-order chi connectivity index (χ0) is 18.9. The van der Waals surface area contributed by atoms with Gasteiger partial charge in [-0.3, -0.25) is 4.79 Å². The number of nitrogens with zero attached hydrogens (tertiary/aromatic N) is 1. The first-order chi connectivity index (χ1) is 13.2. The summed E-state index contributed by atoms with van der Waals surface area (Å²) in [6, 6.07) is 24.4. The minimum Gasteiger partial charge on any atom is -0.457 e. The van der Waals surface area contributed by atoms with Gasteiger partial charge in [-0.2, -0.15) is 5.10 Å². The number of benzene rings is 3. The summed E-state index contributed by atoms with van der Waals surface area (Å²) in [7, 11) is 0. The fraction of sp³-hybridized carbons (Fsp3) is 0.0476. The van der Waals surface area contributed by atoms with E-state index in [1.54, 1.807) is 18.3 Å². The SMILES string of the molecule is O=C(CSc1ccc(Cl)cc1)N/N=C\c1cccc(Oc2ccccc2)c1. The van der Waals surface area contributed by atoms with E-state index in [0.29, 0.717) is 10.8 Å². The van der Waals surface area contributed by atoms with E-state index >= 15 is 0 Å². The van der Waals surface area contributed by atoms with Gasteiger partial charge in [0.05, 0.1) is 12.0 Å². The Kier molecular flexibility index (Phi) is 6.90. The van der Waals surface area contributed by atoms with Gasteiger partial charge in [0.25, 0.3) is 0 Å². The summed E-state index contributed by atoms with van der Waals surface area (Å²) in [4.78, 5) is 12.9. The van der Waals surface area contributed by atoms with E-state index in [-0.39, 0.29) is 11.7 Å². The molecule has 0 aliphatic rings. The average molecular weight is 397 g/mol. The Morgan fingerprint density at radius 3 is 2.52 bits per heavy atom. The van der Waals surface area contributed by atoms with Crippen molar-refractivity contribution in [2.75, 3.05) is 5.75 Å². The van der Waals surface area contributed by atoms with E-state index in [9.17, 15) is 4.79 Å². The van der Waals surface area contributed by atoms with Gasteiger partial charge in [-0.05, 0) is 54.1 Å². The summed E-state index contributed by atoms with van der Waals surface area (Å²) in [6.45, 7) is 0. The number of carbonyl (C=O) groups is 1. The van der Waals surface area contributed by atoms with Gasteiger partial charge in [-0.15, -0.1) is 11.8 Å². The molecule has 27 heavy (non-hydrogen) atoms. The molecule has 0 bridgehead atoms. The average Bonchev–Trinajstić information content (AvgIpc) is 2.69. The lowest BCUT2D eigenvalue weighted by Gasteiger charge is -2.05. The summed E-state index contributed by atoms with van der Waals surface area (Å²) in [5.74, 6) is 1.56. The number of hydrazone groups is 1. The van der Waals surface area contributed by atoms with Gasteiger partial charge in [0.1, 0.15) is 11.5 Å². The number of halogens is 1. The summed E-state index contributed by atoms with van der Waals surface area (Å²) in [5.41, 5.74) is 3.35. The van der Waals surface area contributed by atoms with Crippen LogP contribution in [0.15, 0.2) is 88.9 Å². The highest BCUT2D eigenvalue weighted by Crippen LogP contribution is 2.21. The van der Waals surface area contributed by atoms with Crippen LogP contribution < -0.4 is 10.2 Å². The van der Waals surface area contributed by atoms with Crippen molar-refractivity contribution in [1.82, 2.24) is 5.43 Å². The fourth-order valence-corrected chi connectivity index (χ4v) is 2.99. The third-order valence-corrected chi connectivity index (χ3v) is 4.69. The normalized spacial score (nSPS) is 10.7. The van der Waals surface area contributed by atoms with Crippen LogP contribution in [-0.2, 0) is 4.79 Å². The van der Waals surface area contributed by atoms with Crippen molar-refractivity contribution >= 4 is 35.5 Å². The van der Waals surface area contributed by atoms with Gasteiger partial charge in [0.2, 0.25) is 5.91 Å². The number of rotatable bonds is 7. The Morgan fingerprint density at radius 1 is 1.00 bits per heavy atom. The molecule has 0 saturated carbocycles. The molecule has 3 aromatic rings. The fourth-order valence-electron chi connectivity index (χ4n) is 2.17. The highest BCUT2D eigenvalue weighted by molar-refractivity contribution is 8.00. The molecule has 0 aromatic heterocycles. The summed E-state index contributed by atoms with van der Waals surface area (Å²) >= 11 is 7.26. The van der Waals surface area contributed by atoms with Gasteiger partial charge in [-0.1, -0.05) is 41.9 Å². The van der Waals surface area contributed by atoms with Crippen LogP contribution in [0, 0.1) is 0 Å². The Morgan fingerprint density at radius 2 is 1.74 bits per heavy atom. The van der Waals surface area contributed by atoms with Crippen molar-refractivity contribution in [1.29, 1.82) is 0 Å². The van der Waals surface area contributed by atoms with Crippen molar-refractivity contribution in [3.05, 3.63) is 89.4 Å². The molecule has 136 valence electrons. The van der Waals surface area contributed by atoms with Gasteiger partial charge in [0.15, 0.2) is 0 Å². The van der Waals surface area contributed by atoms with Crippen molar-refractivity contribution in [3.63, 3.8) is 0 Å². The lowest BCUT2D eigenvalue weighted by Crippen LogP contribution is -2.19. The number of hydrogen-bond donors (Lipinski definition) is 1. The van der Waals surface area contributed by atoms with Crippen molar-refractivity contribution in [2.24, 2.45) is 5.10 Å². The molecule has 0 atom stereocenters. The third kappa shape index (κ3) is 6.47. The van der Waals surface area contributed by atoms with E-state index in [1.165, 1.54) is 11.8 Å². The quantitative estimate of drug-likeness (QED) is 0.331. The lowest BCUT2D eigenvalue weighted by molar-refractivity contribution is -0.118. The summed E-state index contributed by atoms with van der Waals surface area (Å²) in [5, 5.41) is 4.67. The molecule has 1 N–H and O–H groups in total. The number of carbonyl (C=O) groups excluding carboxylic acids is 1. The standard InChI is InChI=1S/C21H17ClN2O2S/c22-17-9-11-20(12-10-17)27-15-21(25)24-23-14-16-5-4-8-19(13-16)26-18-6-2-1-3-7-18/h1-14H,15H2,(H,24,25)/b23-14-. The molecule has 3 aromatic carbocycles. The second-order valence-electron chi connectivity index (χ2n) is 5.52. The zero-order valence-electron chi connectivity index (χ0n) is 14.3. The maximum absolute atomic E-state index is 11.9. The molecule has 6 heteroatoms. The molecule has 4 nitrogen and oxygen atoms in total. The second-order valence-corrected chi connectivity index (χ2v) is 7.01. The van der Waals surface area contributed by atoms with Crippen LogP contribution in [0.1, 0.15) is 5.56 Å². The highest BCUT2D eigenvalue weighted by atomic mass is 35.5. The van der Waals surface area contributed by atoms with Gasteiger partial charge < -0.3 is 4.74 Å². The smallest absolute Gasteiger partial charge is 0.250 e. The minimum atomic E-state index is -0.178. The largest absolute Gasteiger partial charge is 0.457 e. The predicted octanol–water partition coefficient (Wildman–Crippen LogP) is 5.37. The number of nitrogens with one attached hydrogen (secondary N) is 1. The highest BCUT2D eigenvalue weighted by Gasteiger charge is 2.02. The molecule has 1 amide bonds. The van der Waals surface area contributed by atoms with Crippen molar-refractivity contribution in [3.8, 4) is 11.5 Å². The molecule has 0 spiro atoms. The van der Waals surface area contributed by atoms with Gasteiger partial charge in [-0.25, -0.2) is 5.43 Å². The lowest BCUT2D eigenvalue weighted by atomic mass is 10.2. The second kappa shape index (κ2) is 9.80. The van der Waals surface area contributed by atoms with Crippen LogP contribution >= 0.6 is 23.4 Å². The molecule has 3 rings (SSSR count). The number of amides is 1. The first-order valence-corrected chi connectivity index (χ1v) is 9.59. The first-order valence-electron chi connectivity index (χ1n) is 8.22. The van der Waals surface area contributed by atoms with Crippen LogP contribution in [0.3, 0.4) is 0 Å². The topological polar surface area (TPSA) is 50.7 Å². The van der Waals surface area contributed by atoms with E-state index in [0.717, 1.165) is 16.2 Å². The van der Waals surface area contributed by atoms with Crippen molar-refractivity contribution < 1.29 is 9.53 Å². The molecule has 0 heterocycles. The van der Waals surface area contributed by atoms with Crippen LogP contribution in [0.4, 0.5) is 0 Å². The summed E-state index contributed by atoms with van der Waals surface area (Å²) < 4.78 is 5.78. The van der Waals surface area contributed by atoms with E-state index < -0.39 is 0 Å². The van der Waals surface area contributed by atoms with Crippen LogP contribution in [0.5, 0.6) is 11.5 Å². The molecule has 0 saturated heterocycles. The molecule has 0 unspecified atom stereocenters. The van der Waals surface area contributed by atoms with Gasteiger partial charge in [0, 0.05) is 9.92 Å². The third-order valence-electron chi connectivity index (χ3n) is 3.42. The Balaban J connectivity index is 1.49. The number of hydrogen-bond acceptors (Lipinski definition) is 4. The zero-order valence-corrected chi connectivity index (χ0v) is 15.9. The van der Waals surface area contributed by atoms with Crippen molar-refractivity contribution in [2.45, 2.75) is 4.90 Å². The molecule has 0 aliphatic carbocycles. The molecular formula is C21H17ClN2O2S. The minimum absolute atomic E-state index is 0.178. The first kappa shape index (κ1) is 19.0. The molecular weight excluding hydrogens is 380 g/mol. The molecule has 0 aliphatic heterocycles. The Bertz CT molecular complexity index is 915. The number of thioether (sulfide) groups is 1. The maximum Gasteiger partial charge on any atom is 0.250 e. The molecule has 0 fully saturated rings. The summed E-state index contributed by atoms with van der Waals surface area (Å²) in [6.07, 6.45) is 1.59. The number of para-hydroxylation sites is 1. The van der Waals surface area contributed by atoms with Crippen LogP contribution in [0.2, 0.25) is 5.02 Å².